The highest BCUT2D eigenvalue weighted by Crippen LogP contribution is 2.25. The van der Waals surface area contributed by atoms with Gasteiger partial charge in [0.25, 0.3) is 5.91 Å². The molecule has 0 fully saturated rings. The van der Waals surface area contributed by atoms with E-state index < -0.39 is 5.82 Å². The molecule has 0 radical (unpaired) electrons. The van der Waals surface area contributed by atoms with Crippen molar-refractivity contribution in [2.24, 2.45) is 0 Å². The molecule has 0 spiro atoms. The van der Waals surface area contributed by atoms with Crippen LogP contribution in [-0.2, 0) is 4.79 Å². The first-order chi connectivity index (χ1) is 10.1. The summed E-state index contributed by atoms with van der Waals surface area (Å²) in [4.78, 5) is 11.8. The maximum absolute atomic E-state index is 12.9. The highest BCUT2D eigenvalue weighted by atomic mass is 35.5. The fraction of sp³-hybridized carbons (Fsp3) is 0.133. The summed E-state index contributed by atoms with van der Waals surface area (Å²) in [6.45, 7) is -0.247. The molecule has 1 amide bonds. The van der Waals surface area contributed by atoms with Crippen LogP contribution < -0.4 is 14.8 Å². The summed E-state index contributed by atoms with van der Waals surface area (Å²) in [6, 6.07) is 10.7. The summed E-state index contributed by atoms with van der Waals surface area (Å²) < 4.78 is 23.3. The summed E-state index contributed by atoms with van der Waals surface area (Å²) in [5.74, 6) is -0.0513. The number of benzene rings is 2. The molecular weight excluding hydrogens is 297 g/mol. The van der Waals surface area contributed by atoms with Gasteiger partial charge in [-0.1, -0.05) is 23.7 Å². The first-order valence-electron chi connectivity index (χ1n) is 6.11. The standard InChI is InChI=1S/C15H13ClFNO3/c1-20-14-5-3-2-4-12(14)18-15(19)9-21-13-7-6-10(17)8-11(13)16/h2-8H,9H2,1H3,(H,18,19). The lowest BCUT2D eigenvalue weighted by Gasteiger charge is -2.11. The number of carbonyl (C=O) groups is 1. The summed E-state index contributed by atoms with van der Waals surface area (Å²) >= 11 is 5.80. The summed E-state index contributed by atoms with van der Waals surface area (Å²) in [7, 11) is 1.51. The number of carbonyl (C=O) groups excluding carboxylic acids is 1. The smallest absolute Gasteiger partial charge is 0.262 e. The molecule has 0 atom stereocenters. The van der Waals surface area contributed by atoms with Crippen LogP contribution in [0.1, 0.15) is 0 Å². The van der Waals surface area contributed by atoms with E-state index in [0.29, 0.717) is 11.4 Å². The van der Waals surface area contributed by atoms with Gasteiger partial charge in [-0.15, -0.1) is 0 Å². The third-order valence-electron chi connectivity index (χ3n) is 2.63. The largest absolute Gasteiger partial charge is 0.495 e. The minimum absolute atomic E-state index is 0.111. The van der Waals surface area contributed by atoms with E-state index in [9.17, 15) is 9.18 Å². The van der Waals surface area contributed by atoms with Gasteiger partial charge in [-0.3, -0.25) is 4.79 Å². The van der Waals surface area contributed by atoms with E-state index in [1.165, 1.54) is 19.2 Å². The predicted molar refractivity (Wildman–Crippen MR) is 78.5 cm³/mol. The summed E-state index contributed by atoms with van der Waals surface area (Å²) in [5, 5.41) is 2.77. The molecule has 0 saturated heterocycles. The van der Waals surface area contributed by atoms with E-state index in [1.54, 1.807) is 24.3 Å². The van der Waals surface area contributed by atoms with Crippen LogP contribution in [0.5, 0.6) is 11.5 Å². The summed E-state index contributed by atoms with van der Waals surface area (Å²) in [5.41, 5.74) is 0.541. The molecule has 110 valence electrons. The number of methoxy groups -OCH3 is 1. The molecule has 0 aliphatic carbocycles. The Morgan fingerprint density at radius 1 is 1.24 bits per heavy atom. The molecule has 0 aliphatic rings. The molecule has 0 aliphatic heterocycles. The minimum atomic E-state index is -0.467. The maximum Gasteiger partial charge on any atom is 0.262 e. The van der Waals surface area contributed by atoms with Gasteiger partial charge in [-0.2, -0.15) is 0 Å². The third kappa shape index (κ3) is 4.10. The second kappa shape index (κ2) is 6.95. The molecule has 0 unspecified atom stereocenters. The summed E-state index contributed by atoms with van der Waals surface area (Å²) in [6.07, 6.45) is 0. The van der Waals surface area contributed by atoms with Crippen molar-refractivity contribution in [2.45, 2.75) is 0 Å². The van der Waals surface area contributed by atoms with Gasteiger partial charge in [0.15, 0.2) is 6.61 Å². The van der Waals surface area contributed by atoms with Crippen LogP contribution in [0.2, 0.25) is 5.02 Å². The van der Waals surface area contributed by atoms with Crippen LogP contribution >= 0.6 is 11.6 Å². The Morgan fingerprint density at radius 3 is 2.71 bits per heavy atom. The second-order valence-electron chi connectivity index (χ2n) is 4.11. The SMILES string of the molecule is COc1ccccc1NC(=O)COc1ccc(F)cc1Cl. The zero-order valence-electron chi connectivity index (χ0n) is 11.2. The van der Waals surface area contributed by atoms with Gasteiger partial charge < -0.3 is 14.8 Å². The molecule has 2 rings (SSSR count). The van der Waals surface area contributed by atoms with E-state index in [0.717, 1.165) is 6.07 Å². The lowest BCUT2D eigenvalue weighted by Crippen LogP contribution is -2.20. The third-order valence-corrected chi connectivity index (χ3v) is 2.93. The highest BCUT2D eigenvalue weighted by Gasteiger charge is 2.09. The number of amides is 1. The number of rotatable bonds is 5. The first kappa shape index (κ1) is 15.1. The molecule has 1 N–H and O–H groups in total. The molecule has 4 nitrogen and oxygen atoms in total. The fourth-order valence-corrected chi connectivity index (χ4v) is 1.89. The molecule has 21 heavy (non-hydrogen) atoms. The number of hydrogen-bond acceptors (Lipinski definition) is 3. The van der Waals surface area contributed by atoms with Crippen molar-refractivity contribution in [1.82, 2.24) is 0 Å². The molecule has 0 aromatic heterocycles. The van der Waals surface area contributed by atoms with E-state index in [-0.39, 0.29) is 23.3 Å². The van der Waals surface area contributed by atoms with Crippen LogP contribution in [0, 0.1) is 5.82 Å². The average Bonchev–Trinajstić information content (AvgIpc) is 2.47. The van der Waals surface area contributed by atoms with Crippen molar-refractivity contribution in [1.29, 1.82) is 0 Å². The van der Waals surface area contributed by atoms with Gasteiger partial charge in [0.05, 0.1) is 17.8 Å². The van der Waals surface area contributed by atoms with Gasteiger partial charge in [-0.05, 0) is 30.3 Å². The lowest BCUT2D eigenvalue weighted by molar-refractivity contribution is -0.118. The minimum Gasteiger partial charge on any atom is -0.495 e. The number of nitrogens with one attached hydrogen (secondary N) is 1. The van der Waals surface area contributed by atoms with Gasteiger partial charge >= 0.3 is 0 Å². The zero-order chi connectivity index (χ0) is 15.2. The fourth-order valence-electron chi connectivity index (χ4n) is 1.67. The van der Waals surface area contributed by atoms with Gasteiger partial charge in [0.1, 0.15) is 17.3 Å². The molecule has 2 aromatic rings. The topological polar surface area (TPSA) is 47.6 Å². The number of hydrogen-bond donors (Lipinski definition) is 1. The van der Waals surface area contributed by atoms with E-state index in [4.69, 9.17) is 21.1 Å². The Labute approximate surface area is 126 Å². The second-order valence-corrected chi connectivity index (χ2v) is 4.52. The quantitative estimate of drug-likeness (QED) is 0.919. The van der Waals surface area contributed by atoms with Crippen molar-refractivity contribution in [3.05, 3.63) is 53.3 Å². The van der Waals surface area contributed by atoms with Crippen molar-refractivity contribution >= 4 is 23.2 Å². The molecule has 0 saturated carbocycles. The van der Waals surface area contributed by atoms with Crippen LogP contribution in [0.25, 0.3) is 0 Å². The molecule has 0 heterocycles. The van der Waals surface area contributed by atoms with Gasteiger partial charge in [0.2, 0.25) is 0 Å². The van der Waals surface area contributed by atoms with Crippen molar-refractivity contribution in [3.63, 3.8) is 0 Å². The monoisotopic (exact) mass is 309 g/mol. The Bertz CT molecular complexity index is 649. The maximum atomic E-state index is 12.9. The Balaban J connectivity index is 1.96. The first-order valence-corrected chi connectivity index (χ1v) is 6.48. The Morgan fingerprint density at radius 2 is 2.00 bits per heavy atom. The van der Waals surface area contributed by atoms with E-state index >= 15 is 0 Å². The molecular formula is C15H13ClFNO3. The number of anilines is 1. The highest BCUT2D eigenvalue weighted by molar-refractivity contribution is 6.32. The zero-order valence-corrected chi connectivity index (χ0v) is 12.0. The van der Waals surface area contributed by atoms with Crippen molar-refractivity contribution < 1.29 is 18.7 Å². The Hall–Kier alpha value is -2.27. The van der Waals surface area contributed by atoms with Crippen LogP contribution in [0.3, 0.4) is 0 Å². The van der Waals surface area contributed by atoms with Crippen molar-refractivity contribution in [3.8, 4) is 11.5 Å². The van der Waals surface area contributed by atoms with Gasteiger partial charge in [-0.25, -0.2) is 4.39 Å². The number of ether oxygens (including phenoxy) is 2. The Kier molecular flexibility index (Phi) is 5.00. The molecule has 6 heteroatoms. The van der Waals surface area contributed by atoms with Crippen LogP contribution in [0.4, 0.5) is 10.1 Å². The normalized spacial score (nSPS) is 10.0. The van der Waals surface area contributed by atoms with E-state index in [1.807, 2.05) is 0 Å². The average molecular weight is 310 g/mol. The van der Waals surface area contributed by atoms with Crippen LogP contribution in [-0.4, -0.2) is 19.6 Å². The molecule has 0 bridgehead atoms. The lowest BCUT2D eigenvalue weighted by atomic mass is 10.3. The van der Waals surface area contributed by atoms with Crippen molar-refractivity contribution in [2.75, 3.05) is 19.0 Å². The van der Waals surface area contributed by atoms with Crippen LogP contribution in [0.15, 0.2) is 42.5 Å². The molecule has 2 aromatic carbocycles. The number of para-hydroxylation sites is 2. The number of halogens is 2. The predicted octanol–water partition coefficient (Wildman–Crippen LogP) is 3.51. The van der Waals surface area contributed by atoms with E-state index in [2.05, 4.69) is 5.32 Å². The van der Waals surface area contributed by atoms with Gasteiger partial charge in [0, 0.05) is 0 Å².